The number of aromatic carboxylic acids is 1. The van der Waals surface area contributed by atoms with Crippen LogP contribution in [0.4, 0.5) is 17.1 Å². The molecule has 1 aromatic heterocycles. The number of likely N-dealkylation sites (N-methyl/N-ethyl adjacent to an activating group) is 1. The summed E-state index contributed by atoms with van der Waals surface area (Å²) >= 11 is 0. The molecule has 7 heteroatoms. The van der Waals surface area contributed by atoms with Gasteiger partial charge in [0.25, 0.3) is 0 Å². The number of carboxylic acid groups (broad SMARTS) is 1. The van der Waals surface area contributed by atoms with Crippen molar-refractivity contribution in [2.45, 2.75) is 32.4 Å². The Bertz CT molecular complexity index is 1150. The smallest absolute Gasteiger partial charge is 0.337 e. The maximum absolute atomic E-state index is 11.5. The number of ether oxygens (including phenoxy) is 1. The molecule has 1 aliphatic heterocycles. The molecule has 0 radical (unpaired) electrons. The van der Waals surface area contributed by atoms with Crippen LogP contribution in [0.3, 0.4) is 0 Å². The van der Waals surface area contributed by atoms with Crippen LogP contribution >= 0.6 is 0 Å². The van der Waals surface area contributed by atoms with Crippen LogP contribution in [-0.2, 0) is 6.42 Å². The Morgan fingerprint density at radius 2 is 1.94 bits per heavy atom. The van der Waals surface area contributed by atoms with Gasteiger partial charge in [-0.1, -0.05) is 6.07 Å². The molecular formula is C27H32N4O3. The number of nitrogens with one attached hydrogen (secondary N) is 1. The molecule has 4 rings (SSSR count). The Morgan fingerprint density at radius 1 is 1.21 bits per heavy atom. The predicted molar refractivity (Wildman–Crippen MR) is 135 cm³/mol. The summed E-state index contributed by atoms with van der Waals surface area (Å²) in [4.78, 5) is 20.1. The molecule has 3 aromatic rings. The van der Waals surface area contributed by atoms with Gasteiger partial charge >= 0.3 is 5.97 Å². The van der Waals surface area contributed by atoms with Gasteiger partial charge in [0.15, 0.2) is 0 Å². The average Bonchev–Trinajstić information content (AvgIpc) is 2.83. The van der Waals surface area contributed by atoms with Gasteiger partial charge in [0.1, 0.15) is 5.75 Å². The van der Waals surface area contributed by atoms with E-state index >= 15 is 0 Å². The van der Waals surface area contributed by atoms with Crippen LogP contribution < -0.4 is 15.0 Å². The number of hydrogen-bond donors (Lipinski definition) is 2. The Hall–Kier alpha value is -3.58. The summed E-state index contributed by atoms with van der Waals surface area (Å²) in [7, 11) is 4.18. The molecule has 0 amide bonds. The Kier molecular flexibility index (Phi) is 7.03. The topological polar surface area (TPSA) is 77.9 Å². The normalized spacial score (nSPS) is 15.6. The zero-order valence-electron chi connectivity index (χ0n) is 20.2. The van der Waals surface area contributed by atoms with Gasteiger partial charge in [-0.3, -0.25) is 9.88 Å². The number of carbonyl (C=O) groups is 1. The summed E-state index contributed by atoms with van der Waals surface area (Å²) in [5.74, 6) is -0.0885. The quantitative estimate of drug-likeness (QED) is 0.491. The monoisotopic (exact) mass is 460 g/mol. The van der Waals surface area contributed by atoms with E-state index in [0.717, 1.165) is 30.1 Å². The molecule has 7 nitrogen and oxygen atoms in total. The average molecular weight is 461 g/mol. The van der Waals surface area contributed by atoms with E-state index in [1.165, 1.54) is 23.4 Å². The van der Waals surface area contributed by atoms with Crippen molar-refractivity contribution < 1.29 is 14.6 Å². The van der Waals surface area contributed by atoms with Crippen molar-refractivity contribution in [3.8, 4) is 5.75 Å². The first-order valence-electron chi connectivity index (χ1n) is 11.6. The van der Waals surface area contributed by atoms with Crippen molar-refractivity contribution >= 4 is 23.0 Å². The number of anilines is 3. The van der Waals surface area contributed by atoms with Gasteiger partial charge in [-0.05, 0) is 80.9 Å². The lowest BCUT2D eigenvalue weighted by Gasteiger charge is -2.35. The van der Waals surface area contributed by atoms with Crippen LogP contribution in [0.2, 0.25) is 0 Å². The van der Waals surface area contributed by atoms with Gasteiger partial charge in [-0.15, -0.1) is 0 Å². The van der Waals surface area contributed by atoms with Gasteiger partial charge in [0.2, 0.25) is 0 Å². The lowest BCUT2D eigenvalue weighted by atomic mass is 9.92. The van der Waals surface area contributed by atoms with E-state index in [1.54, 1.807) is 6.20 Å². The molecule has 2 aromatic carbocycles. The van der Waals surface area contributed by atoms with E-state index in [1.807, 2.05) is 26.0 Å². The minimum absolute atomic E-state index is 0.137. The summed E-state index contributed by atoms with van der Waals surface area (Å²) in [6.45, 7) is 5.58. The van der Waals surface area contributed by atoms with Crippen molar-refractivity contribution in [1.82, 2.24) is 9.88 Å². The first-order chi connectivity index (χ1) is 16.3. The van der Waals surface area contributed by atoms with Gasteiger partial charge < -0.3 is 20.1 Å². The van der Waals surface area contributed by atoms with Crippen molar-refractivity contribution in [3.63, 3.8) is 0 Å². The maximum Gasteiger partial charge on any atom is 0.337 e. The third kappa shape index (κ3) is 5.15. The number of carboxylic acids is 1. The fourth-order valence-corrected chi connectivity index (χ4v) is 4.40. The fourth-order valence-electron chi connectivity index (χ4n) is 4.40. The fraction of sp³-hybridized carbons (Fsp3) is 0.333. The zero-order valence-corrected chi connectivity index (χ0v) is 20.2. The van der Waals surface area contributed by atoms with Gasteiger partial charge in [-0.2, -0.15) is 0 Å². The van der Waals surface area contributed by atoms with E-state index in [-0.39, 0.29) is 17.7 Å². The van der Waals surface area contributed by atoms with E-state index < -0.39 is 5.97 Å². The second kappa shape index (κ2) is 10.1. The summed E-state index contributed by atoms with van der Waals surface area (Å²) < 4.78 is 5.76. The SMILES string of the molecule is CC(C)Oc1ccc(N(C)c2ccc3c(c2)CCN(C)[C@H]3CNc2cnccc2C(=O)O)cc1. The highest BCUT2D eigenvalue weighted by molar-refractivity contribution is 5.93. The van der Waals surface area contributed by atoms with Gasteiger partial charge in [-0.25, -0.2) is 4.79 Å². The van der Waals surface area contributed by atoms with Crippen LogP contribution in [0.15, 0.2) is 60.9 Å². The van der Waals surface area contributed by atoms with E-state index in [9.17, 15) is 9.90 Å². The molecule has 1 aliphatic rings. The summed E-state index contributed by atoms with van der Waals surface area (Å²) in [6, 6.07) is 16.4. The number of fused-ring (bicyclic) bond motifs is 1. The number of pyridine rings is 1. The van der Waals surface area contributed by atoms with E-state index in [2.05, 4.69) is 64.5 Å². The van der Waals surface area contributed by atoms with E-state index in [0.29, 0.717) is 12.2 Å². The largest absolute Gasteiger partial charge is 0.491 e. The van der Waals surface area contributed by atoms with Crippen molar-refractivity contribution in [2.24, 2.45) is 0 Å². The standard InChI is InChI=1S/C27H32N4O3/c1-18(2)34-22-8-5-20(6-9-22)31(4)21-7-10-23-19(15-21)12-14-30(3)26(23)17-29-25-16-28-13-11-24(25)27(32)33/h5-11,13,15-16,18,26,29H,12,14,17H2,1-4H3,(H,32,33)/t26-/m0/s1. The predicted octanol–water partition coefficient (Wildman–Crippen LogP) is 4.98. The van der Waals surface area contributed by atoms with Crippen molar-refractivity contribution in [3.05, 3.63) is 77.6 Å². The first-order valence-corrected chi connectivity index (χ1v) is 11.6. The van der Waals surface area contributed by atoms with Crippen LogP contribution in [0.1, 0.15) is 41.4 Å². The second-order valence-electron chi connectivity index (χ2n) is 8.96. The number of benzene rings is 2. The zero-order chi connectivity index (χ0) is 24.2. The van der Waals surface area contributed by atoms with Crippen LogP contribution in [0, 0.1) is 0 Å². The number of nitrogens with zero attached hydrogens (tertiary/aromatic N) is 3. The number of hydrogen-bond acceptors (Lipinski definition) is 6. The van der Waals surface area contributed by atoms with Crippen molar-refractivity contribution in [1.29, 1.82) is 0 Å². The Balaban J connectivity index is 1.52. The first kappa shape index (κ1) is 23.6. The van der Waals surface area contributed by atoms with Gasteiger partial charge in [0.05, 0.1) is 29.6 Å². The molecule has 0 saturated heterocycles. The third-order valence-corrected chi connectivity index (χ3v) is 6.27. The van der Waals surface area contributed by atoms with Crippen molar-refractivity contribution in [2.75, 3.05) is 37.4 Å². The molecule has 2 heterocycles. The molecule has 178 valence electrons. The second-order valence-corrected chi connectivity index (χ2v) is 8.96. The molecule has 1 atom stereocenters. The highest BCUT2D eigenvalue weighted by Gasteiger charge is 2.25. The molecule has 34 heavy (non-hydrogen) atoms. The molecule has 0 bridgehead atoms. The minimum atomic E-state index is -0.959. The highest BCUT2D eigenvalue weighted by Crippen LogP contribution is 2.34. The molecule has 0 fully saturated rings. The number of rotatable bonds is 8. The Labute approximate surface area is 201 Å². The summed E-state index contributed by atoms with van der Waals surface area (Å²) in [5, 5.41) is 12.8. The lowest BCUT2D eigenvalue weighted by molar-refractivity contribution is 0.0697. The molecule has 0 saturated carbocycles. The van der Waals surface area contributed by atoms with Crippen LogP contribution in [0.25, 0.3) is 0 Å². The summed E-state index contributed by atoms with van der Waals surface area (Å²) in [6.07, 6.45) is 4.19. The van der Waals surface area contributed by atoms with Crippen LogP contribution in [-0.4, -0.2) is 54.2 Å². The highest BCUT2D eigenvalue weighted by atomic mass is 16.5. The van der Waals surface area contributed by atoms with Crippen LogP contribution in [0.5, 0.6) is 5.75 Å². The minimum Gasteiger partial charge on any atom is -0.491 e. The molecular weight excluding hydrogens is 428 g/mol. The number of aromatic nitrogens is 1. The molecule has 0 aliphatic carbocycles. The lowest BCUT2D eigenvalue weighted by Crippen LogP contribution is -2.36. The molecule has 0 unspecified atom stereocenters. The molecule has 0 spiro atoms. The summed E-state index contributed by atoms with van der Waals surface area (Å²) in [5.41, 5.74) is 5.58. The Morgan fingerprint density at radius 3 is 2.65 bits per heavy atom. The van der Waals surface area contributed by atoms with E-state index in [4.69, 9.17) is 4.74 Å². The molecule has 2 N–H and O–H groups in total. The van der Waals surface area contributed by atoms with Gasteiger partial charge in [0, 0.05) is 37.7 Å². The third-order valence-electron chi connectivity index (χ3n) is 6.27. The maximum atomic E-state index is 11.5.